The second kappa shape index (κ2) is 9.93. The average molecular weight is 383 g/mol. The van der Waals surface area contributed by atoms with Gasteiger partial charge in [0.25, 0.3) is 0 Å². The molecule has 0 saturated heterocycles. The van der Waals surface area contributed by atoms with Crippen LogP contribution >= 0.6 is 0 Å². The number of carbonyl (C=O) groups excluding carboxylic acids is 2. The minimum Gasteiger partial charge on any atom is -0.497 e. The van der Waals surface area contributed by atoms with Gasteiger partial charge in [0.1, 0.15) is 11.8 Å². The van der Waals surface area contributed by atoms with E-state index >= 15 is 0 Å². The van der Waals surface area contributed by atoms with Crippen molar-refractivity contribution >= 4 is 11.8 Å². The second-order valence-corrected chi connectivity index (χ2v) is 7.31. The Morgan fingerprint density at radius 2 is 1.68 bits per heavy atom. The van der Waals surface area contributed by atoms with Gasteiger partial charge in [-0.1, -0.05) is 36.4 Å². The Morgan fingerprint density at radius 1 is 1.04 bits per heavy atom. The van der Waals surface area contributed by atoms with Crippen LogP contribution in [0.1, 0.15) is 37.5 Å². The van der Waals surface area contributed by atoms with Gasteiger partial charge in [-0.2, -0.15) is 0 Å². The molecule has 1 atom stereocenters. The lowest BCUT2D eigenvalue weighted by atomic mass is 10.1. The van der Waals surface area contributed by atoms with Gasteiger partial charge in [-0.3, -0.25) is 9.59 Å². The van der Waals surface area contributed by atoms with Gasteiger partial charge < -0.3 is 15.0 Å². The quantitative estimate of drug-likeness (QED) is 0.760. The Hall–Kier alpha value is -2.82. The molecule has 0 bridgehead atoms. The summed E-state index contributed by atoms with van der Waals surface area (Å²) >= 11 is 0. The van der Waals surface area contributed by atoms with Gasteiger partial charge in [-0.25, -0.2) is 0 Å². The highest BCUT2D eigenvalue weighted by atomic mass is 16.5. The predicted molar refractivity (Wildman–Crippen MR) is 111 cm³/mol. The molecule has 0 aliphatic heterocycles. The molecule has 5 heteroatoms. The van der Waals surface area contributed by atoms with Crippen molar-refractivity contribution in [3.8, 4) is 5.75 Å². The van der Waals surface area contributed by atoms with E-state index in [0.717, 1.165) is 22.4 Å². The first-order chi connectivity index (χ1) is 13.3. The Bertz CT molecular complexity index is 800. The van der Waals surface area contributed by atoms with Crippen molar-refractivity contribution in [3.05, 3.63) is 65.2 Å². The minimum atomic E-state index is -0.562. The maximum absolute atomic E-state index is 13.1. The largest absolute Gasteiger partial charge is 0.497 e. The van der Waals surface area contributed by atoms with Crippen LogP contribution in [0, 0.1) is 6.92 Å². The van der Waals surface area contributed by atoms with Gasteiger partial charge in [0.2, 0.25) is 11.8 Å². The third kappa shape index (κ3) is 5.84. The van der Waals surface area contributed by atoms with E-state index in [9.17, 15) is 9.59 Å². The van der Waals surface area contributed by atoms with E-state index in [4.69, 9.17) is 4.74 Å². The van der Waals surface area contributed by atoms with Crippen molar-refractivity contribution in [2.24, 2.45) is 0 Å². The van der Waals surface area contributed by atoms with Crippen LogP contribution in [0.15, 0.2) is 48.5 Å². The molecule has 0 fully saturated rings. The fourth-order valence-corrected chi connectivity index (χ4v) is 2.98. The van der Waals surface area contributed by atoms with Gasteiger partial charge in [0, 0.05) is 12.6 Å². The van der Waals surface area contributed by atoms with E-state index in [1.807, 2.05) is 69.3 Å². The molecule has 1 N–H and O–H groups in total. The molecule has 0 radical (unpaired) electrons. The number of nitrogens with one attached hydrogen (secondary N) is 1. The summed E-state index contributed by atoms with van der Waals surface area (Å²) in [6, 6.07) is 14.8. The van der Waals surface area contributed by atoms with Crippen molar-refractivity contribution in [2.45, 2.75) is 52.7 Å². The van der Waals surface area contributed by atoms with Gasteiger partial charge >= 0.3 is 0 Å². The zero-order chi connectivity index (χ0) is 20.7. The normalized spacial score (nSPS) is 11.8. The van der Waals surface area contributed by atoms with Gasteiger partial charge in [0.15, 0.2) is 0 Å². The van der Waals surface area contributed by atoms with E-state index in [-0.39, 0.29) is 24.3 Å². The van der Waals surface area contributed by atoms with E-state index < -0.39 is 6.04 Å². The summed E-state index contributed by atoms with van der Waals surface area (Å²) in [5.41, 5.74) is 3.02. The first-order valence-corrected chi connectivity index (χ1v) is 9.59. The molecule has 150 valence electrons. The number of nitrogens with zero attached hydrogens (tertiary/aromatic N) is 1. The molecule has 0 aliphatic carbocycles. The molecule has 0 spiro atoms. The van der Waals surface area contributed by atoms with Crippen LogP contribution in [-0.2, 0) is 22.6 Å². The molecule has 2 aromatic carbocycles. The molecule has 28 heavy (non-hydrogen) atoms. The summed E-state index contributed by atoms with van der Waals surface area (Å²) in [6.45, 7) is 8.02. The van der Waals surface area contributed by atoms with Crippen LogP contribution in [0.25, 0.3) is 0 Å². The zero-order valence-electron chi connectivity index (χ0n) is 17.4. The molecule has 0 heterocycles. The van der Waals surface area contributed by atoms with Crippen LogP contribution in [0.3, 0.4) is 0 Å². The van der Waals surface area contributed by atoms with Crippen LogP contribution in [0.4, 0.5) is 0 Å². The average Bonchev–Trinajstić information content (AvgIpc) is 2.66. The van der Waals surface area contributed by atoms with Gasteiger partial charge in [0.05, 0.1) is 13.5 Å². The molecule has 2 amide bonds. The summed E-state index contributed by atoms with van der Waals surface area (Å²) in [7, 11) is 1.61. The van der Waals surface area contributed by atoms with Crippen molar-refractivity contribution in [3.63, 3.8) is 0 Å². The third-order valence-corrected chi connectivity index (χ3v) is 4.71. The highest BCUT2D eigenvalue weighted by molar-refractivity contribution is 5.88. The number of aryl methyl sites for hydroxylation is 1. The Morgan fingerprint density at radius 3 is 2.25 bits per heavy atom. The highest BCUT2D eigenvalue weighted by Crippen LogP contribution is 2.17. The number of methoxy groups -OCH3 is 1. The van der Waals surface area contributed by atoms with Crippen molar-refractivity contribution in [1.82, 2.24) is 10.2 Å². The van der Waals surface area contributed by atoms with Gasteiger partial charge in [-0.15, -0.1) is 0 Å². The first-order valence-electron chi connectivity index (χ1n) is 9.59. The lowest BCUT2D eigenvalue weighted by molar-refractivity contribution is -0.140. The highest BCUT2D eigenvalue weighted by Gasteiger charge is 2.26. The van der Waals surface area contributed by atoms with Crippen LogP contribution < -0.4 is 10.1 Å². The van der Waals surface area contributed by atoms with E-state index in [1.165, 1.54) is 0 Å². The fraction of sp³-hybridized carbons (Fsp3) is 0.391. The minimum absolute atomic E-state index is 0.0203. The number of benzene rings is 2. The molecule has 0 saturated carbocycles. The van der Waals surface area contributed by atoms with Crippen molar-refractivity contribution in [1.29, 1.82) is 0 Å². The number of ether oxygens (including phenoxy) is 1. The maximum Gasteiger partial charge on any atom is 0.242 e. The summed E-state index contributed by atoms with van der Waals surface area (Å²) in [5.74, 6) is 0.518. The van der Waals surface area contributed by atoms with Crippen LogP contribution in [0.5, 0.6) is 5.75 Å². The molecular weight excluding hydrogens is 352 g/mol. The fourth-order valence-electron chi connectivity index (χ4n) is 2.98. The standard InChI is InChI=1S/C23H30N2O3/c1-16(2)24-23(27)18(4)25(15-20-9-7-6-8-17(20)3)22(26)14-19-10-12-21(28-5)13-11-19/h6-13,16,18H,14-15H2,1-5H3,(H,24,27)/t18-/m0/s1. The van der Waals surface area contributed by atoms with Crippen molar-refractivity contribution in [2.75, 3.05) is 7.11 Å². The maximum atomic E-state index is 13.1. The SMILES string of the molecule is COc1ccc(CC(=O)N(Cc2ccccc2C)[C@@H](C)C(=O)NC(C)C)cc1. The summed E-state index contributed by atoms with van der Waals surface area (Å²) in [4.78, 5) is 27.4. The summed E-state index contributed by atoms with van der Waals surface area (Å²) in [6.07, 6.45) is 0.231. The van der Waals surface area contributed by atoms with E-state index in [1.54, 1.807) is 18.9 Å². The van der Waals surface area contributed by atoms with Crippen LogP contribution in [-0.4, -0.2) is 35.9 Å². The molecule has 0 unspecified atom stereocenters. The molecule has 2 rings (SSSR count). The van der Waals surface area contributed by atoms with E-state index in [0.29, 0.717) is 6.54 Å². The Balaban J connectivity index is 2.23. The lowest BCUT2D eigenvalue weighted by Crippen LogP contribution is -2.49. The molecular formula is C23H30N2O3. The van der Waals surface area contributed by atoms with Crippen molar-refractivity contribution < 1.29 is 14.3 Å². The lowest BCUT2D eigenvalue weighted by Gasteiger charge is -2.30. The zero-order valence-corrected chi connectivity index (χ0v) is 17.4. The van der Waals surface area contributed by atoms with Crippen LogP contribution in [0.2, 0.25) is 0 Å². The smallest absolute Gasteiger partial charge is 0.242 e. The molecule has 2 aromatic rings. The number of hydrogen-bond donors (Lipinski definition) is 1. The monoisotopic (exact) mass is 382 g/mol. The Kier molecular flexibility index (Phi) is 7.61. The van der Waals surface area contributed by atoms with E-state index in [2.05, 4.69) is 5.32 Å². The molecule has 5 nitrogen and oxygen atoms in total. The second-order valence-electron chi connectivity index (χ2n) is 7.31. The third-order valence-electron chi connectivity index (χ3n) is 4.71. The molecule has 0 aromatic heterocycles. The summed E-state index contributed by atoms with van der Waals surface area (Å²) in [5, 5.41) is 2.91. The summed E-state index contributed by atoms with van der Waals surface area (Å²) < 4.78 is 5.17. The number of amides is 2. The topological polar surface area (TPSA) is 58.6 Å². The molecule has 0 aliphatic rings. The number of carbonyl (C=O) groups is 2. The van der Waals surface area contributed by atoms with Gasteiger partial charge in [-0.05, 0) is 56.5 Å². The predicted octanol–water partition coefficient (Wildman–Crippen LogP) is 3.49. The number of hydrogen-bond acceptors (Lipinski definition) is 3. The Labute approximate surface area is 167 Å². The first kappa shape index (κ1) is 21.5. The number of rotatable bonds is 8.